The van der Waals surface area contributed by atoms with Gasteiger partial charge in [0.1, 0.15) is 6.54 Å². The Balaban J connectivity index is 1.92. The number of anilines is 1. The van der Waals surface area contributed by atoms with Gasteiger partial charge in [0.25, 0.3) is 5.56 Å². The summed E-state index contributed by atoms with van der Waals surface area (Å²) >= 11 is 0. The highest BCUT2D eigenvalue weighted by molar-refractivity contribution is 5.91. The van der Waals surface area contributed by atoms with Crippen LogP contribution in [0.2, 0.25) is 0 Å². The number of amides is 1. The third-order valence-corrected chi connectivity index (χ3v) is 3.91. The Morgan fingerprint density at radius 1 is 1.04 bits per heavy atom. The lowest BCUT2D eigenvalue weighted by atomic mass is 10.1. The number of carbonyl (C=O) groups excluding carboxylic acids is 2. The van der Waals surface area contributed by atoms with Gasteiger partial charge in [0.05, 0.1) is 24.1 Å². The maximum absolute atomic E-state index is 12.7. The Morgan fingerprint density at radius 3 is 2.41 bits per heavy atom. The molecular formula is C20H19N3O4. The van der Waals surface area contributed by atoms with E-state index >= 15 is 0 Å². The monoisotopic (exact) mass is 365 g/mol. The second-order valence-corrected chi connectivity index (χ2v) is 5.85. The van der Waals surface area contributed by atoms with E-state index < -0.39 is 5.97 Å². The second kappa shape index (κ2) is 8.27. The summed E-state index contributed by atoms with van der Waals surface area (Å²) in [6, 6.07) is 15.8. The molecule has 0 aliphatic carbocycles. The zero-order chi connectivity index (χ0) is 19.2. The summed E-state index contributed by atoms with van der Waals surface area (Å²) in [7, 11) is 0. The Kier molecular flexibility index (Phi) is 5.61. The van der Waals surface area contributed by atoms with E-state index in [1.807, 2.05) is 6.07 Å². The summed E-state index contributed by atoms with van der Waals surface area (Å²) in [5, 5.41) is 7.94. The molecule has 0 atom stereocenters. The number of hydrogen-bond acceptors (Lipinski definition) is 5. The number of ether oxygens (including phenoxy) is 1. The number of esters is 1. The lowest BCUT2D eigenvalue weighted by molar-refractivity contribution is -0.142. The number of nitrogens with zero attached hydrogens (tertiary/aromatic N) is 2. The van der Waals surface area contributed by atoms with Crippen molar-refractivity contribution in [1.29, 1.82) is 0 Å². The van der Waals surface area contributed by atoms with Crippen LogP contribution < -0.4 is 10.9 Å². The maximum atomic E-state index is 12.7. The number of fused-ring (bicyclic) bond motifs is 1. The lowest BCUT2D eigenvalue weighted by Crippen LogP contribution is -2.31. The molecule has 0 aliphatic heterocycles. The van der Waals surface area contributed by atoms with Crippen molar-refractivity contribution in [3.05, 3.63) is 70.6 Å². The van der Waals surface area contributed by atoms with Gasteiger partial charge in [-0.25, -0.2) is 4.68 Å². The van der Waals surface area contributed by atoms with Crippen molar-refractivity contribution in [3.8, 4) is 0 Å². The van der Waals surface area contributed by atoms with E-state index in [4.69, 9.17) is 4.74 Å². The van der Waals surface area contributed by atoms with E-state index in [1.54, 1.807) is 55.5 Å². The van der Waals surface area contributed by atoms with Crippen LogP contribution in [0.4, 0.5) is 5.69 Å². The summed E-state index contributed by atoms with van der Waals surface area (Å²) in [6.45, 7) is 1.72. The summed E-state index contributed by atoms with van der Waals surface area (Å²) < 4.78 is 6.06. The minimum atomic E-state index is -0.436. The summed E-state index contributed by atoms with van der Waals surface area (Å²) in [5.74, 6) is -0.817. The number of aromatic nitrogens is 2. The quantitative estimate of drug-likeness (QED) is 0.676. The average Bonchev–Trinajstić information content (AvgIpc) is 2.66. The Labute approximate surface area is 155 Å². The molecule has 1 amide bonds. The van der Waals surface area contributed by atoms with Crippen LogP contribution in [0.3, 0.4) is 0 Å². The minimum Gasteiger partial charge on any atom is -0.466 e. The fraction of sp³-hybridized carbons (Fsp3) is 0.200. The maximum Gasteiger partial charge on any atom is 0.311 e. The molecule has 7 heteroatoms. The first-order valence-corrected chi connectivity index (χ1v) is 8.57. The first-order valence-electron chi connectivity index (χ1n) is 8.57. The number of nitrogens with one attached hydrogen (secondary N) is 1. The first-order chi connectivity index (χ1) is 13.1. The molecular weight excluding hydrogens is 346 g/mol. The van der Waals surface area contributed by atoms with Crippen molar-refractivity contribution in [3.63, 3.8) is 0 Å². The van der Waals surface area contributed by atoms with Gasteiger partial charge >= 0.3 is 5.97 Å². The van der Waals surface area contributed by atoms with Gasteiger partial charge in [-0.2, -0.15) is 5.10 Å². The molecule has 1 N–H and O–H groups in total. The van der Waals surface area contributed by atoms with Gasteiger partial charge in [-0.3, -0.25) is 14.4 Å². The van der Waals surface area contributed by atoms with Gasteiger partial charge in [0.2, 0.25) is 5.91 Å². The van der Waals surface area contributed by atoms with Gasteiger partial charge in [0.15, 0.2) is 0 Å². The van der Waals surface area contributed by atoms with Crippen LogP contribution in [-0.4, -0.2) is 28.3 Å². The molecule has 0 fully saturated rings. The fourth-order valence-corrected chi connectivity index (χ4v) is 2.75. The molecule has 3 aromatic rings. The second-order valence-electron chi connectivity index (χ2n) is 5.85. The predicted octanol–water partition coefficient (Wildman–Crippen LogP) is 2.14. The van der Waals surface area contributed by atoms with Gasteiger partial charge in [0, 0.05) is 11.1 Å². The van der Waals surface area contributed by atoms with Crippen LogP contribution >= 0.6 is 0 Å². The zero-order valence-electron chi connectivity index (χ0n) is 14.8. The van der Waals surface area contributed by atoms with Crippen molar-refractivity contribution < 1.29 is 14.3 Å². The molecule has 0 unspecified atom stereocenters. The molecule has 138 valence electrons. The molecule has 0 aliphatic rings. The molecule has 1 aromatic heterocycles. The summed E-state index contributed by atoms with van der Waals surface area (Å²) in [5.41, 5.74) is 0.640. The van der Waals surface area contributed by atoms with Gasteiger partial charge in [-0.15, -0.1) is 0 Å². The van der Waals surface area contributed by atoms with Crippen LogP contribution in [0, 0.1) is 0 Å². The topological polar surface area (TPSA) is 90.3 Å². The number of rotatable bonds is 6. The molecule has 0 saturated heterocycles. The fourth-order valence-electron chi connectivity index (χ4n) is 2.75. The minimum absolute atomic E-state index is 0.0745. The Hall–Kier alpha value is -3.48. The van der Waals surface area contributed by atoms with Gasteiger partial charge in [-0.1, -0.05) is 36.4 Å². The van der Waals surface area contributed by atoms with Crippen molar-refractivity contribution in [2.24, 2.45) is 0 Å². The number of para-hydroxylation sites is 1. The average molecular weight is 365 g/mol. The van der Waals surface area contributed by atoms with Crippen molar-refractivity contribution >= 4 is 28.3 Å². The molecule has 0 bridgehead atoms. The predicted molar refractivity (Wildman–Crippen MR) is 101 cm³/mol. The highest BCUT2D eigenvalue weighted by Crippen LogP contribution is 2.14. The van der Waals surface area contributed by atoms with E-state index in [0.29, 0.717) is 22.2 Å². The Morgan fingerprint density at radius 2 is 1.70 bits per heavy atom. The third-order valence-electron chi connectivity index (χ3n) is 3.91. The Bertz CT molecular complexity index is 1030. The number of hydrogen-bond donors (Lipinski definition) is 1. The number of benzene rings is 2. The van der Waals surface area contributed by atoms with Crippen molar-refractivity contribution in [2.45, 2.75) is 19.9 Å². The third kappa shape index (κ3) is 4.38. The first kappa shape index (κ1) is 18.3. The van der Waals surface area contributed by atoms with Crippen LogP contribution in [0.1, 0.15) is 12.6 Å². The molecule has 2 aromatic carbocycles. The highest BCUT2D eigenvalue weighted by atomic mass is 16.5. The van der Waals surface area contributed by atoms with Crippen LogP contribution in [0.15, 0.2) is 59.4 Å². The van der Waals surface area contributed by atoms with Crippen molar-refractivity contribution in [2.75, 3.05) is 11.9 Å². The molecule has 0 spiro atoms. The van der Waals surface area contributed by atoms with Gasteiger partial charge in [-0.05, 0) is 25.1 Å². The smallest absolute Gasteiger partial charge is 0.311 e. The van der Waals surface area contributed by atoms with E-state index in [1.165, 1.54) is 0 Å². The lowest BCUT2D eigenvalue weighted by Gasteiger charge is -2.11. The van der Waals surface area contributed by atoms with E-state index in [0.717, 1.165) is 4.68 Å². The molecule has 7 nitrogen and oxygen atoms in total. The van der Waals surface area contributed by atoms with Crippen LogP contribution in [0.5, 0.6) is 0 Å². The number of carbonyl (C=O) groups is 2. The van der Waals surface area contributed by atoms with Crippen LogP contribution in [0.25, 0.3) is 10.8 Å². The largest absolute Gasteiger partial charge is 0.466 e. The highest BCUT2D eigenvalue weighted by Gasteiger charge is 2.15. The molecule has 1 heterocycles. The molecule has 0 saturated carbocycles. The van der Waals surface area contributed by atoms with Crippen LogP contribution in [-0.2, 0) is 27.3 Å². The van der Waals surface area contributed by atoms with Gasteiger partial charge < -0.3 is 10.1 Å². The summed E-state index contributed by atoms with van der Waals surface area (Å²) in [4.78, 5) is 36.9. The zero-order valence-corrected chi connectivity index (χ0v) is 14.8. The van der Waals surface area contributed by atoms with Crippen molar-refractivity contribution in [1.82, 2.24) is 9.78 Å². The molecule has 0 radical (unpaired) electrons. The van der Waals surface area contributed by atoms with E-state index in [-0.39, 0.29) is 31.0 Å². The summed E-state index contributed by atoms with van der Waals surface area (Å²) in [6.07, 6.45) is -0.0745. The molecule has 27 heavy (non-hydrogen) atoms. The standard InChI is InChI=1S/C20H19N3O4/c1-2-27-19(25)12-17-15-10-6-7-11-16(15)20(26)23(22-17)13-18(24)21-14-8-4-3-5-9-14/h3-11H,2,12-13H2,1H3,(H,21,24). The molecule has 3 rings (SSSR count). The van der Waals surface area contributed by atoms with E-state index in [2.05, 4.69) is 10.4 Å². The van der Waals surface area contributed by atoms with E-state index in [9.17, 15) is 14.4 Å². The normalized spacial score (nSPS) is 10.6. The SMILES string of the molecule is CCOC(=O)Cc1nn(CC(=O)Nc2ccccc2)c(=O)c2ccccc12.